The Bertz CT molecular complexity index is 481. The molecule has 4 heteroatoms. The third kappa shape index (κ3) is 2.78. The molecule has 1 aromatic carbocycles. The molecule has 0 spiro atoms. The third-order valence-electron chi connectivity index (χ3n) is 3.61. The average molecular weight is 260 g/mol. The average Bonchev–Trinajstić information content (AvgIpc) is 2.84. The summed E-state index contributed by atoms with van der Waals surface area (Å²) < 4.78 is 0. The Kier molecular flexibility index (Phi) is 4.20. The van der Waals surface area contributed by atoms with Crippen molar-refractivity contribution < 1.29 is 9.59 Å². The SMILES string of the molecule is CCN(CC)C(=O)CC(=O)N1CCc2ccccc21. The zero-order chi connectivity index (χ0) is 13.8. The lowest BCUT2D eigenvalue weighted by atomic mass is 10.2. The number of hydrogen-bond acceptors (Lipinski definition) is 2. The minimum Gasteiger partial charge on any atom is -0.343 e. The normalized spacial score (nSPS) is 13.3. The van der Waals surface area contributed by atoms with Crippen molar-refractivity contribution in [3.05, 3.63) is 29.8 Å². The number of benzene rings is 1. The van der Waals surface area contributed by atoms with Crippen LogP contribution in [0.25, 0.3) is 0 Å². The van der Waals surface area contributed by atoms with Gasteiger partial charge in [-0.15, -0.1) is 0 Å². The van der Waals surface area contributed by atoms with Crippen LogP contribution in [0.1, 0.15) is 25.8 Å². The molecule has 4 nitrogen and oxygen atoms in total. The predicted molar refractivity (Wildman–Crippen MR) is 75.0 cm³/mol. The Balaban J connectivity index is 2.04. The highest BCUT2D eigenvalue weighted by Crippen LogP contribution is 2.27. The van der Waals surface area contributed by atoms with Gasteiger partial charge in [0.15, 0.2) is 0 Å². The predicted octanol–water partition coefficient (Wildman–Crippen LogP) is 1.83. The summed E-state index contributed by atoms with van der Waals surface area (Å²) in [5.74, 6) is -0.179. The zero-order valence-corrected chi connectivity index (χ0v) is 11.6. The molecule has 0 aromatic heterocycles. The number of para-hydroxylation sites is 1. The first-order chi connectivity index (χ1) is 9.17. The van der Waals surface area contributed by atoms with E-state index in [0.717, 1.165) is 12.1 Å². The van der Waals surface area contributed by atoms with Gasteiger partial charge >= 0.3 is 0 Å². The van der Waals surface area contributed by atoms with Crippen molar-refractivity contribution in [2.24, 2.45) is 0 Å². The Hall–Kier alpha value is -1.84. The van der Waals surface area contributed by atoms with Crippen LogP contribution in [0.15, 0.2) is 24.3 Å². The number of anilines is 1. The van der Waals surface area contributed by atoms with Gasteiger partial charge in [0.25, 0.3) is 0 Å². The van der Waals surface area contributed by atoms with E-state index in [1.807, 2.05) is 38.1 Å². The van der Waals surface area contributed by atoms with Crippen molar-refractivity contribution in [3.63, 3.8) is 0 Å². The lowest BCUT2D eigenvalue weighted by Gasteiger charge is -2.21. The molecule has 102 valence electrons. The van der Waals surface area contributed by atoms with Crippen molar-refractivity contribution >= 4 is 17.5 Å². The number of carbonyl (C=O) groups excluding carboxylic acids is 2. The highest BCUT2D eigenvalue weighted by Gasteiger charge is 2.26. The summed E-state index contributed by atoms with van der Waals surface area (Å²) in [4.78, 5) is 27.6. The fourth-order valence-corrected chi connectivity index (χ4v) is 2.51. The fourth-order valence-electron chi connectivity index (χ4n) is 2.51. The summed E-state index contributed by atoms with van der Waals surface area (Å²) in [5, 5.41) is 0. The molecule has 1 heterocycles. The Morgan fingerprint density at radius 3 is 2.58 bits per heavy atom. The molecule has 1 aliphatic rings. The van der Waals surface area contributed by atoms with Crippen molar-refractivity contribution in [3.8, 4) is 0 Å². The molecule has 0 atom stereocenters. The maximum Gasteiger partial charge on any atom is 0.236 e. The van der Waals surface area contributed by atoms with Gasteiger partial charge in [-0.25, -0.2) is 0 Å². The summed E-state index contributed by atoms with van der Waals surface area (Å²) in [6.45, 7) is 5.84. The van der Waals surface area contributed by atoms with Crippen molar-refractivity contribution in [2.45, 2.75) is 26.7 Å². The van der Waals surface area contributed by atoms with Crippen LogP contribution in [0.4, 0.5) is 5.69 Å². The molecule has 1 aromatic rings. The van der Waals surface area contributed by atoms with E-state index in [2.05, 4.69) is 0 Å². The van der Waals surface area contributed by atoms with Crippen LogP contribution in [0.3, 0.4) is 0 Å². The molecule has 2 amide bonds. The number of hydrogen-bond donors (Lipinski definition) is 0. The molecule has 2 rings (SSSR count). The van der Waals surface area contributed by atoms with E-state index in [9.17, 15) is 9.59 Å². The van der Waals surface area contributed by atoms with Crippen LogP contribution >= 0.6 is 0 Å². The molecule has 0 radical (unpaired) electrons. The molecule has 0 N–H and O–H groups in total. The van der Waals surface area contributed by atoms with Gasteiger partial charge in [-0.05, 0) is 31.9 Å². The van der Waals surface area contributed by atoms with Gasteiger partial charge in [-0.2, -0.15) is 0 Å². The molecule has 1 aliphatic heterocycles. The summed E-state index contributed by atoms with van der Waals surface area (Å²) >= 11 is 0. The molecule has 0 saturated heterocycles. The highest BCUT2D eigenvalue weighted by molar-refractivity contribution is 6.05. The summed E-state index contributed by atoms with van der Waals surface area (Å²) in [7, 11) is 0. The monoisotopic (exact) mass is 260 g/mol. The summed E-state index contributed by atoms with van der Waals surface area (Å²) in [6, 6.07) is 7.89. The minimum atomic E-state index is -0.0955. The molecule has 0 aliphatic carbocycles. The van der Waals surface area contributed by atoms with Crippen molar-refractivity contribution in [1.29, 1.82) is 0 Å². The summed E-state index contributed by atoms with van der Waals surface area (Å²) in [5.41, 5.74) is 2.14. The highest BCUT2D eigenvalue weighted by atomic mass is 16.2. The Labute approximate surface area is 114 Å². The lowest BCUT2D eigenvalue weighted by Crippen LogP contribution is -2.37. The topological polar surface area (TPSA) is 40.6 Å². The first kappa shape index (κ1) is 13.6. The first-order valence-electron chi connectivity index (χ1n) is 6.83. The van der Waals surface area contributed by atoms with E-state index in [-0.39, 0.29) is 18.2 Å². The molecule has 0 unspecified atom stereocenters. The van der Waals surface area contributed by atoms with E-state index in [1.54, 1.807) is 9.80 Å². The van der Waals surface area contributed by atoms with Gasteiger partial charge in [0, 0.05) is 25.3 Å². The Morgan fingerprint density at radius 1 is 1.21 bits per heavy atom. The van der Waals surface area contributed by atoms with Gasteiger partial charge in [-0.3, -0.25) is 9.59 Å². The lowest BCUT2D eigenvalue weighted by molar-refractivity contribution is -0.134. The van der Waals surface area contributed by atoms with Crippen LogP contribution in [-0.4, -0.2) is 36.3 Å². The summed E-state index contributed by atoms with van der Waals surface area (Å²) in [6.07, 6.45) is 0.845. The van der Waals surface area contributed by atoms with Gasteiger partial charge in [-0.1, -0.05) is 18.2 Å². The van der Waals surface area contributed by atoms with Gasteiger partial charge < -0.3 is 9.80 Å². The molecule has 0 fully saturated rings. The van der Waals surface area contributed by atoms with Crippen molar-refractivity contribution in [1.82, 2.24) is 4.90 Å². The van der Waals surface area contributed by atoms with Crippen LogP contribution in [0.2, 0.25) is 0 Å². The second-order valence-corrected chi connectivity index (χ2v) is 4.67. The van der Waals surface area contributed by atoms with Crippen molar-refractivity contribution in [2.75, 3.05) is 24.5 Å². The maximum absolute atomic E-state index is 12.2. The molecule has 0 bridgehead atoms. The molecular formula is C15H20N2O2. The second-order valence-electron chi connectivity index (χ2n) is 4.67. The van der Waals surface area contributed by atoms with Crippen LogP contribution in [0, 0.1) is 0 Å². The number of rotatable bonds is 4. The second kappa shape index (κ2) is 5.87. The van der Waals surface area contributed by atoms with E-state index >= 15 is 0 Å². The van der Waals surface area contributed by atoms with Crippen LogP contribution < -0.4 is 4.90 Å². The third-order valence-corrected chi connectivity index (χ3v) is 3.61. The first-order valence-corrected chi connectivity index (χ1v) is 6.83. The number of amides is 2. The molecule has 0 saturated carbocycles. The molecular weight excluding hydrogens is 240 g/mol. The van der Waals surface area contributed by atoms with E-state index in [1.165, 1.54) is 5.56 Å². The smallest absolute Gasteiger partial charge is 0.236 e. The standard InChI is InChI=1S/C15H20N2O2/c1-3-16(4-2)14(18)11-15(19)17-10-9-12-7-5-6-8-13(12)17/h5-8H,3-4,9-11H2,1-2H3. The Morgan fingerprint density at radius 2 is 1.89 bits per heavy atom. The maximum atomic E-state index is 12.2. The number of fused-ring (bicyclic) bond motifs is 1. The van der Waals surface area contributed by atoms with Gasteiger partial charge in [0.1, 0.15) is 6.42 Å². The largest absolute Gasteiger partial charge is 0.343 e. The number of nitrogens with zero attached hydrogens (tertiary/aromatic N) is 2. The van der Waals surface area contributed by atoms with Gasteiger partial charge in [0.2, 0.25) is 11.8 Å². The van der Waals surface area contributed by atoms with E-state index in [0.29, 0.717) is 19.6 Å². The van der Waals surface area contributed by atoms with Crippen LogP contribution in [-0.2, 0) is 16.0 Å². The van der Waals surface area contributed by atoms with Gasteiger partial charge in [0.05, 0.1) is 0 Å². The zero-order valence-electron chi connectivity index (χ0n) is 11.6. The van der Waals surface area contributed by atoms with E-state index < -0.39 is 0 Å². The number of carbonyl (C=O) groups is 2. The van der Waals surface area contributed by atoms with Crippen LogP contribution in [0.5, 0.6) is 0 Å². The quantitative estimate of drug-likeness (QED) is 0.775. The van der Waals surface area contributed by atoms with E-state index in [4.69, 9.17) is 0 Å². The minimum absolute atomic E-state index is 0.0317. The molecule has 19 heavy (non-hydrogen) atoms. The fraction of sp³-hybridized carbons (Fsp3) is 0.467.